The van der Waals surface area contributed by atoms with Crippen molar-refractivity contribution in [2.24, 2.45) is 0 Å². The second kappa shape index (κ2) is 7.97. The summed E-state index contributed by atoms with van der Waals surface area (Å²) in [5, 5.41) is 13.4. The third-order valence-electron chi connectivity index (χ3n) is 4.34. The molecule has 2 aromatic rings. The summed E-state index contributed by atoms with van der Waals surface area (Å²) in [6.45, 7) is -0.299. The van der Waals surface area contributed by atoms with Crippen molar-refractivity contribution in [1.82, 2.24) is 25.2 Å². The van der Waals surface area contributed by atoms with E-state index in [-0.39, 0.29) is 30.9 Å². The van der Waals surface area contributed by atoms with Gasteiger partial charge in [-0.2, -0.15) is 13.2 Å². The van der Waals surface area contributed by atoms with Gasteiger partial charge in [-0.3, -0.25) is 9.78 Å². The van der Waals surface area contributed by atoms with Gasteiger partial charge in [-0.1, -0.05) is 0 Å². The van der Waals surface area contributed by atoms with Crippen LogP contribution >= 0.6 is 0 Å². The lowest BCUT2D eigenvalue weighted by molar-refractivity contribution is -0.266. The third-order valence-corrected chi connectivity index (χ3v) is 4.34. The number of likely N-dealkylation sites (tertiary alicyclic amines) is 1. The van der Waals surface area contributed by atoms with E-state index in [0.717, 1.165) is 18.6 Å². The molecule has 0 aliphatic carbocycles. The van der Waals surface area contributed by atoms with Crippen LogP contribution in [0.1, 0.15) is 17.8 Å². The molecule has 3 heterocycles. The Kier molecular flexibility index (Phi) is 5.62. The zero-order chi connectivity index (χ0) is 21.2. The second-order valence-corrected chi connectivity index (χ2v) is 6.25. The summed E-state index contributed by atoms with van der Waals surface area (Å²) in [5.41, 5.74) is -0.184. The summed E-state index contributed by atoms with van der Waals surface area (Å²) in [6, 6.07) is 1.93. The molecule has 0 radical (unpaired) electrons. The van der Waals surface area contributed by atoms with Crippen molar-refractivity contribution in [1.29, 1.82) is 0 Å². The third kappa shape index (κ3) is 4.58. The minimum Gasteiger partial charge on any atom is -0.530 e. The van der Waals surface area contributed by atoms with Crippen LogP contribution in [0.5, 0.6) is 0 Å². The first-order chi connectivity index (χ1) is 13.7. The summed E-state index contributed by atoms with van der Waals surface area (Å²) >= 11 is 0. The fourth-order valence-electron chi connectivity index (χ4n) is 2.91. The molecule has 1 aliphatic heterocycles. The molecule has 2 amide bonds. The Hall–Kier alpha value is -3.31. The molecule has 3 rings (SSSR count). The quantitative estimate of drug-likeness (QED) is 0.748. The molecule has 1 aliphatic rings. The maximum atomic E-state index is 13.9. The van der Waals surface area contributed by atoms with Crippen LogP contribution in [-0.2, 0) is 17.5 Å². The van der Waals surface area contributed by atoms with Gasteiger partial charge in [0.2, 0.25) is 5.91 Å². The monoisotopic (exact) mass is 412 g/mol. The minimum absolute atomic E-state index is 0.107. The Balaban J connectivity index is 1.69. The number of halogens is 4. The van der Waals surface area contributed by atoms with Crippen LogP contribution in [0.2, 0.25) is 0 Å². The van der Waals surface area contributed by atoms with Gasteiger partial charge in [0.05, 0.1) is 17.9 Å². The molecule has 1 N–H and O–H groups in total. The molecule has 0 aromatic carbocycles. The number of nitrogens with zero attached hydrogens (tertiary/aromatic N) is 4. The number of hydrogen-bond acceptors (Lipinski definition) is 6. The Labute approximate surface area is 161 Å². The summed E-state index contributed by atoms with van der Waals surface area (Å²) in [7, 11) is 0. The van der Waals surface area contributed by atoms with Crippen molar-refractivity contribution in [3.05, 3.63) is 42.1 Å². The summed E-state index contributed by atoms with van der Waals surface area (Å²) in [6.07, 6.45) is -5.79. The van der Waals surface area contributed by atoms with Crippen molar-refractivity contribution in [2.45, 2.75) is 31.4 Å². The van der Waals surface area contributed by atoms with E-state index in [0.29, 0.717) is 10.5 Å². The first-order valence-electron chi connectivity index (χ1n) is 8.41. The molecule has 0 bridgehead atoms. The molecular formula is C17H14F4N5O3-. The van der Waals surface area contributed by atoms with Crippen molar-refractivity contribution >= 4 is 12.0 Å². The van der Waals surface area contributed by atoms with E-state index in [2.05, 4.69) is 20.3 Å². The van der Waals surface area contributed by atoms with Crippen LogP contribution in [0.15, 0.2) is 30.7 Å². The Bertz CT molecular complexity index is 907. The van der Waals surface area contributed by atoms with E-state index in [1.54, 1.807) is 0 Å². The van der Waals surface area contributed by atoms with Gasteiger partial charge in [0.25, 0.3) is 0 Å². The predicted molar refractivity (Wildman–Crippen MR) is 87.5 cm³/mol. The number of carboxylic acid groups (broad SMARTS) is 1. The number of hydrogen-bond donors (Lipinski definition) is 1. The zero-order valence-corrected chi connectivity index (χ0v) is 14.7. The van der Waals surface area contributed by atoms with Gasteiger partial charge in [0, 0.05) is 18.3 Å². The van der Waals surface area contributed by atoms with Crippen molar-refractivity contribution in [3.63, 3.8) is 0 Å². The molecule has 8 nitrogen and oxygen atoms in total. The van der Waals surface area contributed by atoms with E-state index in [4.69, 9.17) is 0 Å². The lowest BCUT2D eigenvalue weighted by Crippen LogP contribution is -2.52. The van der Waals surface area contributed by atoms with Gasteiger partial charge in [-0.15, -0.1) is 0 Å². The topological polar surface area (TPSA) is 111 Å². The van der Waals surface area contributed by atoms with E-state index < -0.39 is 36.1 Å². The average Bonchev–Trinajstić information content (AvgIpc) is 3.08. The molecule has 2 aromatic heterocycles. The summed E-state index contributed by atoms with van der Waals surface area (Å²) in [5.74, 6) is -0.837. The normalized spacial score (nSPS) is 19.2. The van der Waals surface area contributed by atoms with Crippen LogP contribution in [-0.4, -0.2) is 50.6 Å². The molecule has 0 unspecified atom stereocenters. The predicted octanol–water partition coefficient (Wildman–Crippen LogP) is 0.929. The highest BCUT2D eigenvalue weighted by Gasteiger charge is 2.39. The lowest BCUT2D eigenvalue weighted by atomic mass is 10.1. The zero-order valence-electron chi connectivity index (χ0n) is 14.7. The number of alkyl halides is 4. The van der Waals surface area contributed by atoms with E-state index in [9.17, 15) is 32.3 Å². The van der Waals surface area contributed by atoms with Crippen LogP contribution in [0.3, 0.4) is 0 Å². The maximum Gasteiger partial charge on any atom is 0.433 e. The van der Waals surface area contributed by atoms with E-state index in [1.165, 1.54) is 12.1 Å². The summed E-state index contributed by atoms with van der Waals surface area (Å²) < 4.78 is 51.7. The van der Waals surface area contributed by atoms with Gasteiger partial charge in [0.1, 0.15) is 30.3 Å². The highest BCUT2D eigenvalue weighted by Crippen LogP contribution is 2.28. The van der Waals surface area contributed by atoms with Crippen LogP contribution in [0, 0.1) is 0 Å². The Morgan fingerprint density at radius 2 is 2.00 bits per heavy atom. The maximum absolute atomic E-state index is 13.9. The van der Waals surface area contributed by atoms with Gasteiger partial charge >= 0.3 is 6.18 Å². The molecule has 1 saturated heterocycles. The molecule has 1 fully saturated rings. The SMILES string of the molecule is O=C(NCc1cc(-c2ccc(C(F)(F)F)nc2)ncn1)[C@@H]1[C@H](F)CCN1C(=O)[O-]. The molecule has 29 heavy (non-hydrogen) atoms. The molecule has 12 heteroatoms. The molecular weight excluding hydrogens is 398 g/mol. The number of amides is 2. The fraction of sp³-hybridized carbons (Fsp3) is 0.353. The Morgan fingerprint density at radius 3 is 2.62 bits per heavy atom. The van der Waals surface area contributed by atoms with Crippen molar-refractivity contribution in [2.75, 3.05) is 6.54 Å². The largest absolute Gasteiger partial charge is 0.530 e. The second-order valence-electron chi connectivity index (χ2n) is 6.25. The number of pyridine rings is 1. The molecule has 154 valence electrons. The number of nitrogens with one attached hydrogen (secondary N) is 1. The van der Waals surface area contributed by atoms with Gasteiger partial charge in [-0.05, 0) is 24.6 Å². The van der Waals surface area contributed by atoms with Gasteiger partial charge in [-0.25, -0.2) is 14.4 Å². The number of carbonyl (C=O) groups is 2. The first-order valence-corrected chi connectivity index (χ1v) is 8.41. The summed E-state index contributed by atoms with van der Waals surface area (Å²) in [4.78, 5) is 35.0. The minimum atomic E-state index is -4.56. The van der Waals surface area contributed by atoms with Crippen molar-refractivity contribution < 1.29 is 32.3 Å². The standard InChI is InChI=1S/C17H15F4N5O3/c18-11-3-4-26(16(28)29)14(11)15(27)23-7-10-5-12(25-8-24-10)9-1-2-13(22-6-9)17(19,20)21/h1-2,5-6,8,11,14H,3-4,7H2,(H,23,27)(H,28,29)/p-1/t11-,14+/m1/s1. The van der Waals surface area contributed by atoms with Crippen LogP contribution in [0.4, 0.5) is 22.4 Å². The number of rotatable bonds is 4. The van der Waals surface area contributed by atoms with Crippen molar-refractivity contribution in [3.8, 4) is 11.3 Å². The van der Waals surface area contributed by atoms with Crippen LogP contribution in [0.25, 0.3) is 11.3 Å². The smallest absolute Gasteiger partial charge is 0.433 e. The van der Waals surface area contributed by atoms with Crippen LogP contribution < -0.4 is 10.4 Å². The molecule has 2 atom stereocenters. The van der Waals surface area contributed by atoms with E-state index in [1.807, 2.05) is 0 Å². The molecule has 0 spiro atoms. The van der Waals surface area contributed by atoms with Gasteiger partial charge in [0.15, 0.2) is 0 Å². The fourth-order valence-corrected chi connectivity index (χ4v) is 2.91. The highest BCUT2D eigenvalue weighted by molar-refractivity contribution is 5.86. The first kappa shape index (κ1) is 20.4. The van der Waals surface area contributed by atoms with Gasteiger partial charge < -0.3 is 20.1 Å². The average molecular weight is 412 g/mol. The Morgan fingerprint density at radius 1 is 1.24 bits per heavy atom. The lowest BCUT2D eigenvalue weighted by Gasteiger charge is -2.26. The number of carbonyl (C=O) groups excluding carboxylic acids is 2. The molecule has 0 saturated carbocycles. The number of aromatic nitrogens is 3. The van der Waals surface area contributed by atoms with E-state index >= 15 is 0 Å². The highest BCUT2D eigenvalue weighted by atomic mass is 19.4.